The summed E-state index contributed by atoms with van der Waals surface area (Å²) in [6.45, 7) is 0.683. The minimum absolute atomic E-state index is 0.0518. The third kappa shape index (κ3) is 4.55. The van der Waals surface area contributed by atoms with E-state index in [1.807, 2.05) is 39.9 Å². The molecule has 0 spiro atoms. The monoisotopic (exact) mass is 434 g/mol. The van der Waals surface area contributed by atoms with E-state index < -0.39 is 0 Å². The number of nitrogens with zero attached hydrogens (tertiary/aromatic N) is 2. The van der Waals surface area contributed by atoms with Crippen LogP contribution in [0, 0.1) is 0 Å². The topological polar surface area (TPSA) is 62.7 Å². The van der Waals surface area contributed by atoms with Crippen LogP contribution in [-0.2, 0) is 19.8 Å². The summed E-state index contributed by atoms with van der Waals surface area (Å²) in [5.41, 5.74) is 1.52. The van der Waals surface area contributed by atoms with Crippen LogP contribution in [0.1, 0.15) is 38.8 Å². The van der Waals surface area contributed by atoms with Crippen molar-refractivity contribution >= 4 is 40.2 Å². The number of carbonyl (C=O) groups excluding carboxylic acids is 1. The van der Waals surface area contributed by atoms with Crippen LogP contribution in [0.2, 0.25) is 5.02 Å². The van der Waals surface area contributed by atoms with Gasteiger partial charge in [0, 0.05) is 28.6 Å². The number of aromatic nitrogens is 1. The van der Waals surface area contributed by atoms with E-state index in [9.17, 15) is 4.79 Å². The molecule has 1 N–H and O–H groups in total. The molecule has 3 aromatic rings. The van der Waals surface area contributed by atoms with Gasteiger partial charge in [-0.3, -0.25) is 4.79 Å². The highest BCUT2D eigenvalue weighted by atomic mass is 35.5. The number of amides is 1. The molecule has 0 unspecified atom stereocenters. The number of carbonyl (C=O) groups is 1. The Morgan fingerprint density at radius 2 is 2.18 bits per heavy atom. The maximum atomic E-state index is 12.9. The van der Waals surface area contributed by atoms with Crippen LogP contribution in [0.5, 0.6) is 5.75 Å². The van der Waals surface area contributed by atoms with Crippen molar-refractivity contribution in [3.8, 4) is 5.75 Å². The molecule has 1 saturated carbocycles. The van der Waals surface area contributed by atoms with Crippen LogP contribution in [0.15, 0.2) is 41.1 Å². The van der Waals surface area contributed by atoms with Gasteiger partial charge in [-0.1, -0.05) is 17.7 Å². The first-order valence-corrected chi connectivity index (χ1v) is 11.1. The summed E-state index contributed by atoms with van der Waals surface area (Å²) < 4.78 is 5.98. The molecule has 0 atom stereocenters. The second-order valence-electron chi connectivity index (χ2n) is 6.57. The van der Waals surface area contributed by atoms with E-state index in [2.05, 4.69) is 4.98 Å². The molecule has 2 aromatic heterocycles. The second-order valence-corrected chi connectivity index (χ2v) is 8.90. The van der Waals surface area contributed by atoms with Crippen LogP contribution in [0.25, 0.3) is 0 Å². The van der Waals surface area contributed by atoms with E-state index in [4.69, 9.17) is 21.4 Å². The molecule has 1 amide bonds. The van der Waals surface area contributed by atoms with Crippen molar-refractivity contribution in [2.45, 2.75) is 38.6 Å². The largest absolute Gasteiger partial charge is 0.486 e. The molecule has 8 heteroatoms. The van der Waals surface area contributed by atoms with E-state index in [1.54, 1.807) is 6.07 Å². The Hall–Kier alpha value is -1.93. The number of rotatable bonds is 8. The Kier molecular flexibility index (Phi) is 5.96. The lowest BCUT2D eigenvalue weighted by Crippen LogP contribution is -2.32. The molecule has 0 saturated heterocycles. The van der Waals surface area contributed by atoms with Crippen LogP contribution < -0.4 is 4.74 Å². The van der Waals surface area contributed by atoms with Gasteiger partial charge in [-0.15, -0.1) is 22.7 Å². The zero-order chi connectivity index (χ0) is 19.5. The van der Waals surface area contributed by atoms with Gasteiger partial charge in [0.2, 0.25) is 0 Å². The number of aliphatic hydroxyl groups is 1. The van der Waals surface area contributed by atoms with Crippen molar-refractivity contribution in [3.05, 3.63) is 67.3 Å². The van der Waals surface area contributed by atoms with Gasteiger partial charge < -0.3 is 14.7 Å². The average Bonchev–Trinajstić information content (AvgIpc) is 3.20. The predicted molar refractivity (Wildman–Crippen MR) is 111 cm³/mol. The Balaban J connectivity index is 1.52. The zero-order valence-electron chi connectivity index (χ0n) is 15.0. The van der Waals surface area contributed by atoms with E-state index in [0.717, 1.165) is 28.3 Å². The first kappa shape index (κ1) is 19.4. The van der Waals surface area contributed by atoms with Gasteiger partial charge in [-0.2, -0.15) is 0 Å². The lowest BCUT2D eigenvalue weighted by molar-refractivity contribution is 0.0733. The summed E-state index contributed by atoms with van der Waals surface area (Å²) in [7, 11) is 0. The van der Waals surface area contributed by atoms with Gasteiger partial charge in [0.25, 0.3) is 5.91 Å². The first-order valence-electron chi connectivity index (χ1n) is 8.94. The first-order chi connectivity index (χ1) is 13.6. The van der Waals surface area contributed by atoms with Crippen LogP contribution in [0.4, 0.5) is 0 Å². The third-order valence-corrected chi connectivity index (χ3v) is 6.42. The highest BCUT2D eigenvalue weighted by molar-refractivity contribution is 7.12. The van der Waals surface area contributed by atoms with E-state index in [1.165, 1.54) is 22.7 Å². The fourth-order valence-corrected chi connectivity index (χ4v) is 4.49. The standard InChI is InChI=1S/C20H19ClN2O3S2/c21-14-3-6-17(26-11-19-22-15(10-24)12-28-19)13(8-14)9-23(16-4-5-16)20(25)18-2-1-7-27-18/h1-3,6-8,12,16,24H,4-5,9-11H2. The Labute approximate surface area is 176 Å². The summed E-state index contributed by atoms with van der Waals surface area (Å²) in [4.78, 5) is 19.9. The molecule has 1 aromatic carbocycles. The zero-order valence-corrected chi connectivity index (χ0v) is 17.4. The van der Waals surface area contributed by atoms with Crippen molar-refractivity contribution in [1.29, 1.82) is 0 Å². The Morgan fingerprint density at radius 1 is 1.32 bits per heavy atom. The van der Waals surface area contributed by atoms with Crippen molar-refractivity contribution in [3.63, 3.8) is 0 Å². The fourth-order valence-electron chi connectivity index (χ4n) is 2.92. The normalized spacial score (nSPS) is 13.5. The van der Waals surface area contributed by atoms with Gasteiger partial charge >= 0.3 is 0 Å². The molecule has 146 valence electrons. The highest BCUT2D eigenvalue weighted by Crippen LogP contribution is 2.33. The van der Waals surface area contributed by atoms with Gasteiger partial charge in [-0.05, 0) is 42.5 Å². The van der Waals surface area contributed by atoms with Gasteiger partial charge in [0.05, 0.1) is 17.2 Å². The van der Waals surface area contributed by atoms with E-state index in [-0.39, 0.29) is 18.6 Å². The van der Waals surface area contributed by atoms with Crippen molar-refractivity contribution < 1.29 is 14.6 Å². The number of hydrogen-bond donors (Lipinski definition) is 1. The van der Waals surface area contributed by atoms with Crippen molar-refractivity contribution in [2.75, 3.05) is 0 Å². The number of halogens is 1. The fraction of sp³-hybridized carbons (Fsp3) is 0.300. The molecule has 1 fully saturated rings. The predicted octanol–water partition coefficient (Wildman–Crippen LogP) is 4.73. The maximum absolute atomic E-state index is 12.9. The summed E-state index contributed by atoms with van der Waals surface area (Å²) in [5, 5.41) is 14.3. The average molecular weight is 435 g/mol. The number of ether oxygens (including phenoxy) is 1. The van der Waals surface area contributed by atoms with E-state index >= 15 is 0 Å². The van der Waals surface area contributed by atoms with Crippen LogP contribution in [-0.4, -0.2) is 26.9 Å². The lowest BCUT2D eigenvalue weighted by Gasteiger charge is -2.23. The SMILES string of the molecule is O=C(c1cccs1)N(Cc1cc(Cl)ccc1OCc1nc(CO)cs1)C1CC1. The molecule has 0 bridgehead atoms. The molecular formula is C20H19ClN2O3S2. The smallest absolute Gasteiger partial charge is 0.264 e. The second kappa shape index (κ2) is 8.61. The summed E-state index contributed by atoms with van der Waals surface area (Å²) in [5.74, 6) is 0.741. The highest BCUT2D eigenvalue weighted by Gasteiger charge is 2.34. The number of aliphatic hydroxyl groups excluding tert-OH is 1. The number of thiazole rings is 1. The van der Waals surface area contributed by atoms with Crippen molar-refractivity contribution in [1.82, 2.24) is 9.88 Å². The molecule has 2 heterocycles. The maximum Gasteiger partial charge on any atom is 0.264 e. The molecule has 4 rings (SSSR count). The van der Waals surface area contributed by atoms with Gasteiger partial charge in [-0.25, -0.2) is 4.98 Å². The summed E-state index contributed by atoms with van der Waals surface area (Å²) >= 11 is 9.13. The lowest BCUT2D eigenvalue weighted by atomic mass is 10.1. The summed E-state index contributed by atoms with van der Waals surface area (Å²) in [6.07, 6.45) is 2.05. The quantitative estimate of drug-likeness (QED) is 0.556. The molecule has 0 aliphatic heterocycles. The number of thiophene rings is 1. The van der Waals surface area contributed by atoms with Crippen LogP contribution >= 0.6 is 34.3 Å². The molecule has 1 aliphatic carbocycles. The molecule has 28 heavy (non-hydrogen) atoms. The van der Waals surface area contributed by atoms with E-state index in [0.29, 0.717) is 29.6 Å². The minimum Gasteiger partial charge on any atom is -0.486 e. The Bertz CT molecular complexity index is 954. The van der Waals surface area contributed by atoms with Crippen LogP contribution in [0.3, 0.4) is 0 Å². The van der Waals surface area contributed by atoms with Gasteiger partial charge in [0.1, 0.15) is 17.4 Å². The molecule has 0 radical (unpaired) electrons. The molecular weight excluding hydrogens is 416 g/mol. The Morgan fingerprint density at radius 3 is 2.86 bits per heavy atom. The third-order valence-electron chi connectivity index (χ3n) is 4.46. The summed E-state index contributed by atoms with van der Waals surface area (Å²) in [6, 6.07) is 9.50. The number of benzene rings is 1. The minimum atomic E-state index is -0.0795. The van der Waals surface area contributed by atoms with Crippen molar-refractivity contribution in [2.24, 2.45) is 0 Å². The molecule has 5 nitrogen and oxygen atoms in total. The molecule has 1 aliphatic rings. The number of hydrogen-bond acceptors (Lipinski definition) is 6. The van der Waals surface area contributed by atoms with Gasteiger partial charge in [0.15, 0.2) is 0 Å².